The minimum Gasteiger partial charge on any atom is -0.480 e. The SMILES string of the molecule is CCCCC(NC(=O)Cn1cc([N+](=O)[O-])cn1)C(=O)O. The molecule has 1 aromatic heterocycles. The first-order valence-electron chi connectivity index (χ1n) is 6.13. The maximum Gasteiger partial charge on any atom is 0.326 e. The van der Waals surface area contributed by atoms with Gasteiger partial charge in [-0.3, -0.25) is 19.6 Å². The fourth-order valence-corrected chi connectivity index (χ4v) is 1.59. The summed E-state index contributed by atoms with van der Waals surface area (Å²) >= 11 is 0. The van der Waals surface area contributed by atoms with Crippen molar-refractivity contribution in [3.05, 3.63) is 22.5 Å². The van der Waals surface area contributed by atoms with Crippen LogP contribution in [0.2, 0.25) is 0 Å². The lowest BCUT2D eigenvalue weighted by molar-refractivity contribution is -0.385. The number of hydrogen-bond donors (Lipinski definition) is 2. The molecule has 1 aromatic rings. The van der Waals surface area contributed by atoms with Gasteiger partial charge in [-0.1, -0.05) is 19.8 Å². The highest BCUT2D eigenvalue weighted by Crippen LogP contribution is 2.07. The molecule has 0 spiro atoms. The number of hydrogen-bond acceptors (Lipinski definition) is 5. The molecule has 0 radical (unpaired) electrons. The Bertz CT molecular complexity index is 499. The van der Waals surface area contributed by atoms with E-state index >= 15 is 0 Å². The molecule has 0 aliphatic heterocycles. The number of nitro groups is 1. The quantitative estimate of drug-likeness (QED) is 0.530. The highest BCUT2D eigenvalue weighted by molar-refractivity contribution is 5.83. The van der Waals surface area contributed by atoms with Crippen LogP contribution in [-0.4, -0.2) is 37.7 Å². The van der Waals surface area contributed by atoms with E-state index in [1.54, 1.807) is 0 Å². The van der Waals surface area contributed by atoms with Crippen LogP contribution in [0.4, 0.5) is 5.69 Å². The molecule has 1 rings (SSSR count). The Morgan fingerprint density at radius 1 is 1.60 bits per heavy atom. The van der Waals surface area contributed by atoms with Gasteiger partial charge in [-0.2, -0.15) is 5.10 Å². The summed E-state index contributed by atoms with van der Waals surface area (Å²) in [6.45, 7) is 1.66. The van der Waals surface area contributed by atoms with Gasteiger partial charge < -0.3 is 10.4 Å². The van der Waals surface area contributed by atoms with Gasteiger partial charge in [0.15, 0.2) is 0 Å². The molecule has 1 amide bonds. The first-order valence-corrected chi connectivity index (χ1v) is 6.13. The van der Waals surface area contributed by atoms with Gasteiger partial charge in [0.05, 0.1) is 4.92 Å². The molecule has 20 heavy (non-hydrogen) atoms. The molecular formula is C11H16N4O5. The third kappa shape index (κ3) is 4.67. The normalized spacial score (nSPS) is 11.8. The summed E-state index contributed by atoms with van der Waals surface area (Å²) in [5.74, 6) is -1.65. The number of nitrogens with zero attached hydrogens (tertiary/aromatic N) is 3. The van der Waals surface area contributed by atoms with Crippen molar-refractivity contribution in [3.8, 4) is 0 Å². The van der Waals surface area contributed by atoms with Crippen LogP contribution in [-0.2, 0) is 16.1 Å². The van der Waals surface area contributed by atoms with E-state index < -0.39 is 22.8 Å². The summed E-state index contributed by atoms with van der Waals surface area (Å²) in [5, 5.41) is 25.5. The van der Waals surface area contributed by atoms with Gasteiger partial charge in [-0.15, -0.1) is 0 Å². The van der Waals surface area contributed by atoms with E-state index in [0.717, 1.165) is 23.5 Å². The van der Waals surface area contributed by atoms with Gasteiger partial charge in [-0.25, -0.2) is 4.79 Å². The number of aliphatic carboxylic acids is 1. The number of carboxylic acids is 1. The molecule has 1 heterocycles. The van der Waals surface area contributed by atoms with E-state index in [-0.39, 0.29) is 12.2 Å². The van der Waals surface area contributed by atoms with E-state index in [1.807, 2.05) is 6.92 Å². The second-order valence-electron chi connectivity index (χ2n) is 4.25. The summed E-state index contributed by atoms with van der Waals surface area (Å²) in [6.07, 6.45) is 3.99. The monoisotopic (exact) mass is 284 g/mol. The van der Waals surface area contributed by atoms with Crippen molar-refractivity contribution in [3.63, 3.8) is 0 Å². The van der Waals surface area contributed by atoms with E-state index in [0.29, 0.717) is 12.8 Å². The summed E-state index contributed by atoms with van der Waals surface area (Å²) in [4.78, 5) is 32.5. The van der Waals surface area contributed by atoms with Crippen molar-refractivity contribution in [1.82, 2.24) is 15.1 Å². The number of aromatic nitrogens is 2. The summed E-state index contributed by atoms with van der Waals surface area (Å²) in [5.41, 5.74) is -0.224. The Kier molecular flexibility index (Phi) is 5.63. The molecule has 1 atom stereocenters. The molecule has 0 saturated heterocycles. The molecule has 0 bridgehead atoms. The number of carbonyl (C=O) groups is 2. The van der Waals surface area contributed by atoms with Crippen molar-refractivity contribution in [1.29, 1.82) is 0 Å². The largest absolute Gasteiger partial charge is 0.480 e. The first-order chi connectivity index (χ1) is 9.43. The third-order valence-electron chi connectivity index (χ3n) is 2.62. The van der Waals surface area contributed by atoms with E-state index in [2.05, 4.69) is 10.4 Å². The van der Waals surface area contributed by atoms with Crippen molar-refractivity contribution >= 4 is 17.6 Å². The first kappa shape index (κ1) is 15.6. The second kappa shape index (κ2) is 7.22. The van der Waals surface area contributed by atoms with Gasteiger partial charge >= 0.3 is 11.7 Å². The smallest absolute Gasteiger partial charge is 0.326 e. The molecule has 1 unspecified atom stereocenters. The number of nitrogens with one attached hydrogen (secondary N) is 1. The number of unbranched alkanes of at least 4 members (excludes halogenated alkanes) is 1. The standard InChI is InChI=1S/C11H16N4O5/c1-2-3-4-9(11(17)18)13-10(16)7-14-6-8(5-12-14)15(19)20/h5-6,9H,2-4,7H2,1H3,(H,13,16)(H,17,18). The molecule has 0 fully saturated rings. The minimum absolute atomic E-state index is 0.224. The molecule has 0 aliphatic rings. The zero-order valence-electron chi connectivity index (χ0n) is 11.0. The molecule has 0 saturated carbocycles. The predicted octanol–water partition coefficient (Wildman–Crippen LogP) is 0.551. The molecule has 110 valence electrons. The molecule has 9 nitrogen and oxygen atoms in total. The van der Waals surface area contributed by atoms with Crippen LogP contribution in [0, 0.1) is 10.1 Å². The molecule has 9 heteroatoms. The zero-order chi connectivity index (χ0) is 15.1. The lowest BCUT2D eigenvalue weighted by Gasteiger charge is -2.13. The highest BCUT2D eigenvalue weighted by atomic mass is 16.6. The van der Waals surface area contributed by atoms with Crippen LogP contribution >= 0.6 is 0 Å². The number of amides is 1. The second-order valence-corrected chi connectivity index (χ2v) is 4.25. The van der Waals surface area contributed by atoms with Gasteiger partial charge in [0, 0.05) is 0 Å². The van der Waals surface area contributed by atoms with Crippen LogP contribution in [0.3, 0.4) is 0 Å². The van der Waals surface area contributed by atoms with E-state index in [9.17, 15) is 19.7 Å². The Balaban J connectivity index is 2.56. The highest BCUT2D eigenvalue weighted by Gasteiger charge is 2.20. The van der Waals surface area contributed by atoms with Crippen LogP contribution in [0.5, 0.6) is 0 Å². The molecule has 0 aliphatic carbocycles. The molecule has 0 aromatic carbocycles. The van der Waals surface area contributed by atoms with Crippen LogP contribution in [0.25, 0.3) is 0 Å². The van der Waals surface area contributed by atoms with Crippen molar-refractivity contribution < 1.29 is 19.6 Å². The summed E-state index contributed by atoms with van der Waals surface area (Å²) < 4.78 is 1.09. The van der Waals surface area contributed by atoms with Crippen molar-refractivity contribution in [2.75, 3.05) is 0 Å². The molecule has 2 N–H and O–H groups in total. The van der Waals surface area contributed by atoms with Gasteiger partial charge in [0.2, 0.25) is 5.91 Å². The fraction of sp³-hybridized carbons (Fsp3) is 0.545. The minimum atomic E-state index is -1.10. The van der Waals surface area contributed by atoms with Gasteiger partial charge in [0.25, 0.3) is 0 Å². The Morgan fingerprint density at radius 3 is 2.80 bits per heavy atom. The van der Waals surface area contributed by atoms with Crippen LogP contribution in [0.15, 0.2) is 12.4 Å². The van der Waals surface area contributed by atoms with Gasteiger partial charge in [-0.05, 0) is 6.42 Å². The average Bonchev–Trinajstić information content (AvgIpc) is 2.82. The third-order valence-corrected chi connectivity index (χ3v) is 2.62. The fourth-order valence-electron chi connectivity index (χ4n) is 1.59. The number of carbonyl (C=O) groups excluding carboxylic acids is 1. The predicted molar refractivity (Wildman–Crippen MR) is 68.0 cm³/mol. The lowest BCUT2D eigenvalue weighted by Crippen LogP contribution is -2.42. The topological polar surface area (TPSA) is 127 Å². The summed E-state index contributed by atoms with van der Waals surface area (Å²) in [6, 6.07) is -0.951. The Morgan fingerprint density at radius 2 is 2.30 bits per heavy atom. The Hall–Kier alpha value is -2.45. The lowest BCUT2D eigenvalue weighted by atomic mass is 10.1. The van der Waals surface area contributed by atoms with Crippen LogP contribution < -0.4 is 5.32 Å². The molecular weight excluding hydrogens is 268 g/mol. The summed E-state index contributed by atoms with van der Waals surface area (Å²) in [7, 11) is 0. The maximum absolute atomic E-state index is 11.7. The van der Waals surface area contributed by atoms with E-state index in [1.165, 1.54) is 0 Å². The number of rotatable bonds is 8. The van der Waals surface area contributed by atoms with Crippen molar-refractivity contribution in [2.45, 2.75) is 38.8 Å². The van der Waals surface area contributed by atoms with E-state index in [4.69, 9.17) is 5.11 Å². The zero-order valence-corrected chi connectivity index (χ0v) is 11.0. The maximum atomic E-state index is 11.7. The van der Waals surface area contributed by atoms with Gasteiger partial charge in [0.1, 0.15) is 25.0 Å². The Labute approximate surface area is 114 Å². The average molecular weight is 284 g/mol. The van der Waals surface area contributed by atoms with Crippen molar-refractivity contribution in [2.24, 2.45) is 0 Å². The number of carboxylic acid groups (broad SMARTS) is 1. The van der Waals surface area contributed by atoms with Crippen LogP contribution in [0.1, 0.15) is 26.2 Å².